The van der Waals surface area contributed by atoms with Gasteiger partial charge in [0.15, 0.2) is 0 Å². The molecule has 5 rings (SSSR count). The lowest BCUT2D eigenvalue weighted by Crippen LogP contribution is -2.47. The number of aryl methyl sites for hydroxylation is 2. The molecule has 6 nitrogen and oxygen atoms in total. The summed E-state index contributed by atoms with van der Waals surface area (Å²) >= 11 is 0. The summed E-state index contributed by atoms with van der Waals surface area (Å²) in [6, 6.07) is 6.35. The standard InChI is InChI=1S/C24H31N3O3/c1-16-5-6-18(13-17(16)2)14-27-15-24-8-7-19(30-24)20(21(24)23(27)29)22(28)26-10-4-9-25(3)11-12-26/h5-8,13,19-21H,4,9-12,14-15H2,1-3H3/t19-,20+,21+,24-/m0/s1. The molecule has 4 heterocycles. The number of carbonyl (C=O) groups excluding carboxylic acids is 2. The first kappa shape index (κ1) is 19.8. The molecule has 0 saturated carbocycles. The van der Waals surface area contributed by atoms with Crippen LogP contribution in [0.2, 0.25) is 0 Å². The fraction of sp³-hybridized carbons (Fsp3) is 0.583. The van der Waals surface area contributed by atoms with Crippen molar-refractivity contribution in [3.05, 3.63) is 47.0 Å². The van der Waals surface area contributed by atoms with Crippen molar-refractivity contribution >= 4 is 11.8 Å². The Hall–Kier alpha value is -2.18. The quantitative estimate of drug-likeness (QED) is 0.714. The summed E-state index contributed by atoms with van der Waals surface area (Å²) in [5.74, 6) is -0.638. The normalized spacial score (nSPS) is 33.3. The fourth-order valence-corrected chi connectivity index (χ4v) is 5.59. The van der Waals surface area contributed by atoms with E-state index in [0.29, 0.717) is 13.1 Å². The van der Waals surface area contributed by atoms with Gasteiger partial charge in [-0.3, -0.25) is 9.59 Å². The molecule has 3 fully saturated rings. The van der Waals surface area contributed by atoms with Gasteiger partial charge in [-0.05, 0) is 50.6 Å². The number of rotatable bonds is 3. The highest BCUT2D eigenvalue weighted by Crippen LogP contribution is 2.52. The van der Waals surface area contributed by atoms with Crippen molar-refractivity contribution in [2.75, 3.05) is 39.8 Å². The van der Waals surface area contributed by atoms with Crippen LogP contribution in [0.4, 0.5) is 0 Å². The average molecular weight is 410 g/mol. The predicted octanol–water partition coefficient (Wildman–Crippen LogP) is 1.75. The Morgan fingerprint density at radius 2 is 2.00 bits per heavy atom. The monoisotopic (exact) mass is 409 g/mol. The minimum atomic E-state index is -0.634. The molecule has 0 N–H and O–H groups in total. The van der Waals surface area contributed by atoms with Gasteiger partial charge in [0.05, 0.1) is 24.5 Å². The number of amides is 2. The second-order valence-corrected chi connectivity index (χ2v) is 9.50. The lowest BCUT2D eigenvalue weighted by molar-refractivity contribution is -0.143. The lowest BCUT2D eigenvalue weighted by Gasteiger charge is -2.29. The molecular weight excluding hydrogens is 378 g/mol. The van der Waals surface area contributed by atoms with E-state index in [4.69, 9.17) is 4.74 Å². The van der Waals surface area contributed by atoms with Gasteiger partial charge in [0.2, 0.25) is 11.8 Å². The Labute approximate surface area is 178 Å². The molecule has 2 amide bonds. The first-order chi connectivity index (χ1) is 14.4. The first-order valence-electron chi connectivity index (χ1n) is 11.1. The molecule has 1 spiro atoms. The maximum absolute atomic E-state index is 13.5. The minimum Gasteiger partial charge on any atom is -0.360 e. The van der Waals surface area contributed by atoms with Gasteiger partial charge in [-0.2, -0.15) is 0 Å². The van der Waals surface area contributed by atoms with E-state index in [0.717, 1.165) is 38.2 Å². The third-order valence-electron chi connectivity index (χ3n) is 7.44. The second-order valence-electron chi connectivity index (χ2n) is 9.50. The summed E-state index contributed by atoms with van der Waals surface area (Å²) in [5, 5.41) is 0. The van der Waals surface area contributed by atoms with Crippen LogP contribution in [0.3, 0.4) is 0 Å². The van der Waals surface area contributed by atoms with E-state index in [9.17, 15) is 9.59 Å². The number of likely N-dealkylation sites (N-methyl/N-ethyl adjacent to an activating group) is 1. The van der Waals surface area contributed by atoms with E-state index in [2.05, 4.69) is 44.0 Å². The molecule has 160 valence electrons. The van der Waals surface area contributed by atoms with Gasteiger partial charge < -0.3 is 19.4 Å². The number of nitrogens with zero attached hydrogens (tertiary/aromatic N) is 3. The average Bonchev–Trinajstić information content (AvgIpc) is 3.28. The van der Waals surface area contributed by atoms with Crippen molar-refractivity contribution in [3.8, 4) is 0 Å². The van der Waals surface area contributed by atoms with E-state index in [-0.39, 0.29) is 17.9 Å². The van der Waals surface area contributed by atoms with Crippen LogP contribution in [-0.4, -0.2) is 78.0 Å². The van der Waals surface area contributed by atoms with Crippen LogP contribution in [0.15, 0.2) is 30.4 Å². The number of hydrogen-bond acceptors (Lipinski definition) is 4. The van der Waals surface area contributed by atoms with Crippen LogP contribution in [0.1, 0.15) is 23.1 Å². The Morgan fingerprint density at radius 1 is 1.17 bits per heavy atom. The maximum Gasteiger partial charge on any atom is 0.230 e. The van der Waals surface area contributed by atoms with E-state index >= 15 is 0 Å². The highest BCUT2D eigenvalue weighted by atomic mass is 16.5. The van der Waals surface area contributed by atoms with Crippen molar-refractivity contribution in [2.45, 2.75) is 38.5 Å². The van der Waals surface area contributed by atoms with Gasteiger partial charge in [-0.25, -0.2) is 0 Å². The zero-order chi connectivity index (χ0) is 21.0. The molecule has 4 atom stereocenters. The summed E-state index contributed by atoms with van der Waals surface area (Å²) in [4.78, 5) is 33.1. The summed E-state index contributed by atoms with van der Waals surface area (Å²) in [6.45, 7) is 8.65. The van der Waals surface area contributed by atoms with Crippen LogP contribution in [-0.2, 0) is 20.9 Å². The molecule has 0 aromatic heterocycles. The summed E-state index contributed by atoms with van der Waals surface area (Å²) in [7, 11) is 2.09. The summed E-state index contributed by atoms with van der Waals surface area (Å²) in [5.41, 5.74) is 2.97. The number of benzene rings is 1. The zero-order valence-corrected chi connectivity index (χ0v) is 18.1. The zero-order valence-electron chi connectivity index (χ0n) is 18.1. The first-order valence-corrected chi connectivity index (χ1v) is 11.1. The molecule has 6 heteroatoms. The number of fused-ring (bicyclic) bond motifs is 1. The third-order valence-corrected chi connectivity index (χ3v) is 7.44. The SMILES string of the molecule is Cc1ccc(CN2C[C@]34C=C[C@H](O3)[C@@H](C(=O)N3CCCN(C)CC3)[C@@H]4C2=O)cc1C. The van der Waals surface area contributed by atoms with Crippen molar-refractivity contribution < 1.29 is 14.3 Å². The number of ether oxygens (including phenoxy) is 1. The summed E-state index contributed by atoms with van der Waals surface area (Å²) < 4.78 is 6.31. The minimum absolute atomic E-state index is 0.0605. The van der Waals surface area contributed by atoms with Crippen LogP contribution in [0, 0.1) is 25.7 Å². The Morgan fingerprint density at radius 3 is 2.80 bits per heavy atom. The summed E-state index contributed by atoms with van der Waals surface area (Å²) in [6.07, 6.45) is 4.76. The Kier molecular flexibility index (Phi) is 4.75. The largest absolute Gasteiger partial charge is 0.360 e. The smallest absolute Gasteiger partial charge is 0.230 e. The molecular formula is C24H31N3O3. The van der Waals surface area contributed by atoms with Crippen molar-refractivity contribution in [2.24, 2.45) is 11.8 Å². The van der Waals surface area contributed by atoms with E-state index in [1.807, 2.05) is 22.0 Å². The van der Waals surface area contributed by atoms with Crippen LogP contribution in [0.5, 0.6) is 0 Å². The molecule has 3 saturated heterocycles. The molecule has 1 aromatic rings. The number of likely N-dealkylation sites (tertiary alicyclic amines) is 1. The van der Waals surface area contributed by atoms with E-state index in [1.54, 1.807) is 0 Å². The van der Waals surface area contributed by atoms with Gasteiger partial charge in [-0.1, -0.05) is 30.4 Å². The molecule has 2 bridgehead atoms. The predicted molar refractivity (Wildman–Crippen MR) is 114 cm³/mol. The van der Waals surface area contributed by atoms with Crippen molar-refractivity contribution in [1.82, 2.24) is 14.7 Å². The number of carbonyl (C=O) groups is 2. The molecule has 0 unspecified atom stereocenters. The highest BCUT2D eigenvalue weighted by molar-refractivity contribution is 5.93. The second kappa shape index (κ2) is 7.20. The third kappa shape index (κ3) is 3.08. The Bertz CT molecular complexity index is 913. The molecule has 0 radical (unpaired) electrons. The molecule has 4 aliphatic heterocycles. The van der Waals surface area contributed by atoms with Crippen LogP contribution < -0.4 is 0 Å². The van der Waals surface area contributed by atoms with Crippen molar-refractivity contribution in [1.29, 1.82) is 0 Å². The molecule has 4 aliphatic rings. The molecule has 30 heavy (non-hydrogen) atoms. The van der Waals surface area contributed by atoms with Crippen LogP contribution in [0.25, 0.3) is 0 Å². The Balaban J connectivity index is 1.37. The van der Waals surface area contributed by atoms with Gasteiger partial charge in [0.1, 0.15) is 5.60 Å². The molecule has 1 aromatic carbocycles. The van der Waals surface area contributed by atoms with Crippen LogP contribution >= 0.6 is 0 Å². The van der Waals surface area contributed by atoms with E-state index in [1.165, 1.54) is 11.1 Å². The van der Waals surface area contributed by atoms with Gasteiger partial charge in [0.25, 0.3) is 0 Å². The lowest BCUT2D eigenvalue weighted by atomic mass is 9.76. The fourth-order valence-electron chi connectivity index (χ4n) is 5.59. The number of hydrogen-bond donors (Lipinski definition) is 0. The van der Waals surface area contributed by atoms with Gasteiger partial charge in [-0.15, -0.1) is 0 Å². The van der Waals surface area contributed by atoms with Gasteiger partial charge >= 0.3 is 0 Å². The maximum atomic E-state index is 13.5. The molecule has 0 aliphatic carbocycles. The topological polar surface area (TPSA) is 53.1 Å². The highest BCUT2D eigenvalue weighted by Gasteiger charge is 2.67. The van der Waals surface area contributed by atoms with E-state index < -0.39 is 17.4 Å². The van der Waals surface area contributed by atoms with Crippen molar-refractivity contribution in [3.63, 3.8) is 0 Å². The van der Waals surface area contributed by atoms with Gasteiger partial charge in [0, 0.05) is 26.2 Å².